The summed E-state index contributed by atoms with van der Waals surface area (Å²) in [5.74, 6) is -3.84. The zero-order valence-electron chi connectivity index (χ0n) is 23.1. The second-order valence-electron chi connectivity index (χ2n) is 9.46. The Balaban J connectivity index is 1.48. The number of nitrogens with two attached hydrogens (primary N) is 1. The summed E-state index contributed by atoms with van der Waals surface area (Å²) < 4.78 is 1.83. The number of thioether (sulfide) groups is 1. The minimum absolute atomic E-state index is 0.00225. The molecule has 43 heavy (non-hydrogen) atoms. The van der Waals surface area contributed by atoms with Crippen molar-refractivity contribution in [3.05, 3.63) is 45.8 Å². The number of carbonyl (C=O) groups is 4. The molecule has 230 valence electrons. The number of oxime groups is 1. The van der Waals surface area contributed by atoms with Gasteiger partial charge in [0.05, 0.1) is 0 Å². The molecule has 2 aliphatic heterocycles. The first-order valence-electron chi connectivity index (χ1n) is 13.0. The highest BCUT2D eigenvalue weighted by Crippen LogP contribution is 2.40. The molecule has 18 heteroatoms. The summed E-state index contributed by atoms with van der Waals surface area (Å²) in [6.07, 6.45) is 3.22. The number of nitrogens with zero attached hydrogens (tertiary/aromatic N) is 4. The summed E-state index contributed by atoms with van der Waals surface area (Å²) in [7, 11) is 1.90. The normalized spacial score (nSPS) is 18.9. The Bertz CT molecular complexity index is 1470. The molecule has 4 rings (SSSR count). The molecule has 3 atom stereocenters. The van der Waals surface area contributed by atoms with Gasteiger partial charge in [0.25, 0.3) is 11.8 Å². The lowest BCUT2D eigenvalue weighted by atomic mass is 10.0. The van der Waals surface area contributed by atoms with Crippen molar-refractivity contribution in [2.24, 2.45) is 5.16 Å². The van der Waals surface area contributed by atoms with Crippen molar-refractivity contribution in [1.82, 2.24) is 20.5 Å². The van der Waals surface area contributed by atoms with Crippen LogP contribution in [0.2, 0.25) is 4.34 Å². The van der Waals surface area contributed by atoms with Crippen LogP contribution in [0.1, 0.15) is 19.0 Å². The number of anilines is 2. The van der Waals surface area contributed by atoms with Crippen LogP contribution < -0.4 is 26.3 Å². The minimum atomic E-state index is -1.40. The molecule has 0 unspecified atom stereocenters. The van der Waals surface area contributed by atoms with Gasteiger partial charge in [-0.3, -0.25) is 14.5 Å². The fourth-order valence-corrected chi connectivity index (χ4v) is 6.51. The molecular formula is C25H30ClN8O7S2+. The molecule has 2 amide bonds. The quantitative estimate of drug-likeness (QED) is 0.0535. The standard InChI is InChI=1S/C25H29ClN8O7S2/c1-12(23(37)38)41-32-16(15-19(26)43-25(27)31-15)20(35)30-17-21(36)34-18(24(39)40)13(11-42-22(17)34)10-33-8-4-14(5-9-33)29-7-3-6-28-2/h4-5,8-9,12,17,22,28H,3,6-7,10-11H2,1-2H3,(H5,27,30,31,35,37,38,39,40)/p+1/b32-16-/t12-,17+,22+/m0/s1. The second-order valence-corrected chi connectivity index (χ2v) is 12.2. The van der Waals surface area contributed by atoms with Crippen LogP contribution >= 0.6 is 34.7 Å². The van der Waals surface area contributed by atoms with Crippen molar-refractivity contribution in [1.29, 1.82) is 0 Å². The summed E-state index contributed by atoms with van der Waals surface area (Å²) in [5, 5.41) is 31.0. The van der Waals surface area contributed by atoms with E-state index in [1.54, 1.807) is 0 Å². The Hall–Kier alpha value is -3.93. The highest BCUT2D eigenvalue weighted by Gasteiger charge is 2.55. The molecular weight excluding hydrogens is 624 g/mol. The number of carboxylic acid groups (broad SMARTS) is 2. The molecule has 0 aromatic carbocycles. The average Bonchev–Trinajstić information content (AvgIpc) is 3.31. The third-order valence-electron chi connectivity index (χ3n) is 6.43. The van der Waals surface area contributed by atoms with Crippen LogP contribution in [0.15, 0.2) is 41.0 Å². The number of carboxylic acids is 2. The molecule has 15 nitrogen and oxygen atoms in total. The first-order chi connectivity index (χ1) is 20.5. The van der Waals surface area contributed by atoms with Gasteiger partial charge in [-0.15, -0.1) is 11.8 Å². The summed E-state index contributed by atoms with van der Waals surface area (Å²) in [6, 6.07) is 2.69. The van der Waals surface area contributed by atoms with E-state index in [0.29, 0.717) is 11.3 Å². The van der Waals surface area contributed by atoms with Gasteiger partial charge in [0.15, 0.2) is 29.8 Å². The Labute approximate surface area is 259 Å². The summed E-state index contributed by atoms with van der Waals surface area (Å²) in [5.41, 5.74) is 6.39. The smallest absolute Gasteiger partial charge is 0.352 e. The van der Waals surface area contributed by atoms with Crippen molar-refractivity contribution < 1.29 is 38.8 Å². The van der Waals surface area contributed by atoms with E-state index in [9.17, 15) is 24.3 Å². The molecule has 4 heterocycles. The lowest BCUT2D eigenvalue weighted by Gasteiger charge is -2.49. The molecule has 2 aromatic heterocycles. The monoisotopic (exact) mass is 653 g/mol. The number of amides is 2. The van der Waals surface area contributed by atoms with Crippen LogP contribution in [-0.2, 0) is 30.6 Å². The molecule has 7 N–H and O–H groups in total. The van der Waals surface area contributed by atoms with Crippen molar-refractivity contribution in [3.8, 4) is 0 Å². The van der Waals surface area contributed by atoms with E-state index in [-0.39, 0.29) is 27.4 Å². The minimum Gasteiger partial charge on any atom is -0.478 e. The SMILES string of the molecule is CNCCCNc1cc[n+](CC2=C(C(=O)O)N3C(=O)[C@@H](NC(=O)/C(=N\O[C@@H](C)C(=O)O)c4nc(N)sc4Cl)[C@H]3SC2)cc1. The van der Waals surface area contributed by atoms with Gasteiger partial charge in [-0.25, -0.2) is 19.1 Å². The van der Waals surface area contributed by atoms with Crippen LogP contribution in [-0.4, -0.2) is 93.0 Å². The summed E-state index contributed by atoms with van der Waals surface area (Å²) >= 11 is 8.31. The van der Waals surface area contributed by atoms with E-state index >= 15 is 0 Å². The first-order valence-corrected chi connectivity index (χ1v) is 15.2. The number of hydrogen-bond donors (Lipinski definition) is 6. The molecule has 0 spiro atoms. The number of nitrogens with one attached hydrogen (secondary N) is 3. The number of thiazole rings is 1. The number of β-lactam (4-membered cyclic amide) rings is 1. The van der Waals surface area contributed by atoms with E-state index in [0.717, 1.165) is 41.4 Å². The number of nitrogen functional groups attached to an aromatic ring is 1. The van der Waals surface area contributed by atoms with Gasteiger partial charge in [0, 0.05) is 35.7 Å². The topological polar surface area (TPSA) is 212 Å². The van der Waals surface area contributed by atoms with Crippen LogP contribution in [0, 0.1) is 0 Å². The van der Waals surface area contributed by atoms with Gasteiger partial charge in [-0.1, -0.05) is 28.1 Å². The van der Waals surface area contributed by atoms with Gasteiger partial charge in [-0.05, 0) is 26.9 Å². The Morgan fingerprint density at radius 1 is 1.30 bits per heavy atom. The van der Waals surface area contributed by atoms with E-state index in [4.69, 9.17) is 27.3 Å². The number of carbonyl (C=O) groups excluding carboxylic acids is 2. The molecule has 1 saturated heterocycles. The van der Waals surface area contributed by atoms with E-state index in [1.807, 2.05) is 36.1 Å². The molecule has 0 aliphatic carbocycles. The molecule has 1 fully saturated rings. The molecule has 0 bridgehead atoms. The van der Waals surface area contributed by atoms with Crippen molar-refractivity contribution in [3.63, 3.8) is 0 Å². The first kappa shape index (κ1) is 32.0. The molecule has 0 radical (unpaired) electrons. The maximum Gasteiger partial charge on any atom is 0.352 e. The van der Waals surface area contributed by atoms with Crippen molar-refractivity contribution >= 4 is 75.0 Å². The lowest BCUT2D eigenvalue weighted by molar-refractivity contribution is -0.688. The fraction of sp³-hybridized carbons (Fsp3) is 0.400. The van der Waals surface area contributed by atoms with Gasteiger partial charge >= 0.3 is 11.9 Å². The average molecular weight is 654 g/mol. The second kappa shape index (κ2) is 14.0. The third-order valence-corrected chi connectivity index (χ3v) is 8.85. The Kier molecular flexibility index (Phi) is 10.4. The maximum absolute atomic E-state index is 13.2. The number of hydrogen-bond acceptors (Lipinski definition) is 12. The highest BCUT2D eigenvalue weighted by atomic mass is 35.5. The zero-order valence-corrected chi connectivity index (χ0v) is 25.5. The number of aromatic nitrogens is 2. The Morgan fingerprint density at radius 3 is 2.63 bits per heavy atom. The third kappa shape index (κ3) is 7.35. The largest absolute Gasteiger partial charge is 0.478 e. The number of pyridine rings is 1. The molecule has 2 aliphatic rings. The predicted molar refractivity (Wildman–Crippen MR) is 160 cm³/mol. The summed E-state index contributed by atoms with van der Waals surface area (Å²) in [4.78, 5) is 59.9. The fourth-order valence-electron chi connectivity index (χ4n) is 4.25. The molecule has 2 aromatic rings. The van der Waals surface area contributed by atoms with Gasteiger partial charge in [0.1, 0.15) is 27.1 Å². The maximum atomic E-state index is 13.2. The number of halogens is 1. The number of aliphatic carboxylic acids is 2. The van der Waals surface area contributed by atoms with E-state index < -0.39 is 47.0 Å². The molecule has 0 saturated carbocycles. The van der Waals surface area contributed by atoms with E-state index in [2.05, 4.69) is 26.1 Å². The van der Waals surface area contributed by atoms with Crippen LogP contribution in [0.3, 0.4) is 0 Å². The number of rotatable bonds is 14. The highest BCUT2D eigenvalue weighted by molar-refractivity contribution is 8.00. The number of fused-ring (bicyclic) bond motifs is 1. The van der Waals surface area contributed by atoms with Crippen LogP contribution in [0.4, 0.5) is 10.8 Å². The lowest BCUT2D eigenvalue weighted by Crippen LogP contribution is -2.71. The van der Waals surface area contributed by atoms with Crippen molar-refractivity contribution in [2.45, 2.75) is 37.4 Å². The van der Waals surface area contributed by atoms with Crippen LogP contribution in [0.5, 0.6) is 0 Å². The van der Waals surface area contributed by atoms with Gasteiger partial charge < -0.3 is 36.7 Å². The van der Waals surface area contributed by atoms with Gasteiger partial charge in [-0.2, -0.15) is 0 Å². The van der Waals surface area contributed by atoms with E-state index in [1.165, 1.54) is 18.7 Å². The predicted octanol–water partition coefficient (Wildman–Crippen LogP) is 0.320. The van der Waals surface area contributed by atoms with Crippen LogP contribution in [0.25, 0.3) is 0 Å². The Morgan fingerprint density at radius 2 is 2.02 bits per heavy atom. The van der Waals surface area contributed by atoms with Gasteiger partial charge in [0.2, 0.25) is 6.10 Å². The van der Waals surface area contributed by atoms with Crippen molar-refractivity contribution in [2.75, 3.05) is 36.9 Å². The zero-order chi connectivity index (χ0) is 31.3. The summed E-state index contributed by atoms with van der Waals surface area (Å²) in [6.45, 7) is 3.16.